The zero-order chi connectivity index (χ0) is 13.7. The fraction of sp³-hybridized carbons (Fsp3) is 0.833. The van der Waals surface area contributed by atoms with Gasteiger partial charge in [-0.3, -0.25) is 14.5 Å². The van der Waals surface area contributed by atoms with Gasteiger partial charge in [0.15, 0.2) is 0 Å². The maximum absolute atomic E-state index is 11.7. The number of nitrogens with zero attached hydrogens (tertiary/aromatic N) is 2. The average molecular weight is 256 g/mol. The highest BCUT2D eigenvalue weighted by Gasteiger charge is 2.23. The van der Waals surface area contributed by atoms with Crippen LogP contribution < -0.4 is 11.1 Å². The number of carbonyl (C=O) groups excluding carboxylic acids is 2. The molecular weight excluding hydrogens is 232 g/mol. The molecule has 1 aliphatic rings. The molecule has 0 radical (unpaired) electrons. The number of amides is 2. The quantitative estimate of drug-likeness (QED) is 0.676. The van der Waals surface area contributed by atoms with Gasteiger partial charge in [-0.15, -0.1) is 0 Å². The van der Waals surface area contributed by atoms with E-state index in [0.717, 1.165) is 13.1 Å². The molecule has 2 amide bonds. The van der Waals surface area contributed by atoms with E-state index < -0.39 is 6.04 Å². The van der Waals surface area contributed by atoms with Crippen LogP contribution in [0.5, 0.6) is 0 Å². The zero-order valence-electron chi connectivity index (χ0n) is 11.5. The van der Waals surface area contributed by atoms with Gasteiger partial charge < -0.3 is 16.0 Å². The molecule has 1 fully saturated rings. The summed E-state index contributed by atoms with van der Waals surface area (Å²) in [6.07, 6.45) is 0. The van der Waals surface area contributed by atoms with E-state index >= 15 is 0 Å². The highest BCUT2D eigenvalue weighted by molar-refractivity contribution is 5.81. The van der Waals surface area contributed by atoms with Crippen molar-refractivity contribution in [3.63, 3.8) is 0 Å². The van der Waals surface area contributed by atoms with E-state index in [9.17, 15) is 9.59 Å². The number of nitrogens with one attached hydrogen (secondary N) is 1. The summed E-state index contributed by atoms with van der Waals surface area (Å²) in [5.74, 6) is 0.0262. The summed E-state index contributed by atoms with van der Waals surface area (Å²) in [6.45, 7) is 8.73. The standard InChI is InChI=1S/C12H24N4O2/c1-9(2)14-11(17)8-15-4-6-16(7-5-15)12(18)10(3)13/h9-10H,4-8,13H2,1-3H3,(H,14,17). The van der Waals surface area contributed by atoms with Gasteiger partial charge in [0.05, 0.1) is 12.6 Å². The van der Waals surface area contributed by atoms with Crippen molar-refractivity contribution in [2.45, 2.75) is 32.9 Å². The van der Waals surface area contributed by atoms with Crippen molar-refractivity contribution in [3.05, 3.63) is 0 Å². The molecular formula is C12H24N4O2. The number of piperazine rings is 1. The maximum atomic E-state index is 11.7. The van der Waals surface area contributed by atoms with Gasteiger partial charge in [0, 0.05) is 32.2 Å². The molecule has 0 aromatic rings. The monoisotopic (exact) mass is 256 g/mol. The molecule has 104 valence electrons. The van der Waals surface area contributed by atoms with E-state index in [-0.39, 0.29) is 17.9 Å². The SMILES string of the molecule is CC(C)NC(=O)CN1CCN(C(=O)C(C)N)CC1. The van der Waals surface area contributed by atoms with Crippen molar-refractivity contribution in [2.24, 2.45) is 5.73 Å². The summed E-state index contributed by atoms with van der Waals surface area (Å²) in [5.41, 5.74) is 5.57. The average Bonchev–Trinajstić information content (AvgIpc) is 2.27. The predicted molar refractivity (Wildman–Crippen MR) is 69.9 cm³/mol. The van der Waals surface area contributed by atoms with Crippen molar-refractivity contribution in [1.82, 2.24) is 15.1 Å². The minimum Gasteiger partial charge on any atom is -0.353 e. The molecule has 1 rings (SSSR count). The van der Waals surface area contributed by atoms with Crippen LogP contribution in [0.25, 0.3) is 0 Å². The van der Waals surface area contributed by atoms with Crippen LogP contribution in [0.4, 0.5) is 0 Å². The molecule has 0 bridgehead atoms. The number of carbonyl (C=O) groups is 2. The van der Waals surface area contributed by atoms with Gasteiger partial charge in [0.1, 0.15) is 0 Å². The second-order valence-corrected chi connectivity index (χ2v) is 5.11. The molecule has 1 atom stereocenters. The van der Waals surface area contributed by atoms with Crippen LogP contribution in [0.1, 0.15) is 20.8 Å². The summed E-state index contributed by atoms with van der Waals surface area (Å²) < 4.78 is 0. The number of rotatable bonds is 4. The van der Waals surface area contributed by atoms with Crippen LogP contribution in [0.2, 0.25) is 0 Å². The third kappa shape index (κ3) is 4.62. The summed E-state index contributed by atoms with van der Waals surface area (Å²) in [4.78, 5) is 27.1. The Bertz CT molecular complexity index is 296. The number of hydrogen-bond acceptors (Lipinski definition) is 4. The van der Waals surface area contributed by atoms with Gasteiger partial charge in [0.25, 0.3) is 0 Å². The first-order valence-electron chi connectivity index (χ1n) is 6.46. The molecule has 0 saturated carbocycles. The zero-order valence-corrected chi connectivity index (χ0v) is 11.5. The van der Waals surface area contributed by atoms with E-state index in [2.05, 4.69) is 10.2 Å². The fourth-order valence-corrected chi connectivity index (χ4v) is 1.99. The van der Waals surface area contributed by atoms with Crippen LogP contribution in [0, 0.1) is 0 Å². The Morgan fingerprint density at radius 1 is 1.17 bits per heavy atom. The van der Waals surface area contributed by atoms with E-state index in [1.54, 1.807) is 11.8 Å². The highest BCUT2D eigenvalue weighted by Crippen LogP contribution is 2.03. The normalized spacial score (nSPS) is 18.8. The maximum Gasteiger partial charge on any atom is 0.239 e. The lowest BCUT2D eigenvalue weighted by Gasteiger charge is -2.35. The van der Waals surface area contributed by atoms with Crippen LogP contribution in [-0.2, 0) is 9.59 Å². The fourth-order valence-electron chi connectivity index (χ4n) is 1.99. The van der Waals surface area contributed by atoms with Crippen LogP contribution >= 0.6 is 0 Å². The molecule has 0 aromatic heterocycles. The van der Waals surface area contributed by atoms with Crippen LogP contribution in [-0.4, -0.2) is 66.4 Å². The Morgan fingerprint density at radius 3 is 2.17 bits per heavy atom. The first-order valence-corrected chi connectivity index (χ1v) is 6.46. The largest absolute Gasteiger partial charge is 0.353 e. The van der Waals surface area contributed by atoms with Gasteiger partial charge in [-0.1, -0.05) is 0 Å². The second-order valence-electron chi connectivity index (χ2n) is 5.11. The lowest BCUT2D eigenvalue weighted by atomic mass is 10.2. The van der Waals surface area contributed by atoms with E-state index in [0.29, 0.717) is 19.6 Å². The molecule has 6 heteroatoms. The minimum absolute atomic E-state index is 0.0127. The molecule has 1 heterocycles. The topological polar surface area (TPSA) is 78.7 Å². The molecule has 1 unspecified atom stereocenters. The summed E-state index contributed by atoms with van der Waals surface area (Å²) >= 11 is 0. The summed E-state index contributed by atoms with van der Waals surface area (Å²) in [6, 6.07) is -0.278. The first kappa shape index (κ1) is 14.9. The van der Waals surface area contributed by atoms with E-state index in [1.165, 1.54) is 0 Å². The minimum atomic E-state index is -0.444. The second kappa shape index (κ2) is 6.70. The summed E-state index contributed by atoms with van der Waals surface area (Å²) in [5, 5.41) is 2.86. The molecule has 0 aliphatic carbocycles. The lowest BCUT2D eigenvalue weighted by molar-refractivity contribution is -0.134. The number of nitrogens with two attached hydrogens (primary N) is 1. The Labute approximate surface area is 108 Å². The van der Waals surface area contributed by atoms with Crippen LogP contribution in [0.15, 0.2) is 0 Å². The van der Waals surface area contributed by atoms with Gasteiger partial charge in [0.2, 0.25) is 11.8 Å². The molecule has 6 nitrogen and oxygen atoms in total. The molecule has 0 spiro atoms. The van der Waals surface area contributed by atoms with Crippen molar-refractivity contribution in [2.75, 3.05) is 32.7 Å². The first-order chi connectivity index (χ1) is 8.40. The van der Waals surface area contributed by atoms with Crippen molar-refractivity contribution < 1.29 is 9.59 Å². The highest BCUT2D eigenvalue weighted by atomic mass is 16.2. The van der Waals surface area contributed by atoms with Crippen molar-refractivity contribution >= 4 is 11.8 Å². The Morgan fingerprint density at radius 2 is 1.72 bits per heavy atom. The van der Waals surface area contributed by atoms with Gasteiger partial charge in [-0.2, -0.15) is 0 Å². The van der Waals surface area contributed by atoms with Crippen molar-refractivity contribution in [1.29, 1.82) is 0 Å². The molecule has 18 heavy (non-hydrogen) atoms. The van der Waals surface area contributed by atoms with E-state index in [4.69, 9.17) is 5.73 Å². The Balaban J connectivity index is 2.31. The van der Waals surface area contributed by atoms with Crippen molar-refractivity contribution in [3.8, 4) is 0 Å². The van der Waals surface area contributed by atoms with Crippen LogP contribution in [0.3, 0.4) is 0 Å². The number of hydrogen-bond donors (Lipinski definition) is 2. The summed E-state index contributed by atoms with van der Waals surface area (Å²) in [7, 11) is 0. The predicted octanol–water partition coefficient (Wildman–Crippen LogP) is -0.998. The molecule has 3 N–H and O–H groups in total. The van der Waals surface area contributed by atoms with Gasteiger partial charge >= 0.3 is 0 Å². The van der Waals surface area contributed by atoms with E-state index in [1.807, 2.05) is 13.8 Å². The third-order valence-electron chi connectivity index (χ3n) is 2.89. The lowest BCUT2D eigenvalue weighted by Crippen LogP contribution is -2.54. The van der Waals surface area contributed by atoms with Gasteiger partial charge in [-0.05, 0) is 20.8 Å². The van der Waals surface area contributed by atoms with Gasteiger partial charge in [-0.25, -0.2) is 0 Å². The third-order valence-corrected chi connectivity index (χ3v) is 2.89. The molecule has 1 saturated heterocycles. The Hall–Kier alpha value is -1.14. The smallest absolute Gasteiger partial charge is 0.239 e. The molecule has 0 aromatic carbocycles. The molecule has 1 aliphatic heterocycles. The Kier molecular flexibility index (Phi) is 5.55.